The summed E-state index contributed by atoms with van der Waals surface area (Å²) in [6.07, 6.45) is 0. The molecule has 0 unspecified atom stereocenters. The van der Waals surface area contributed by atoms with Gasteiger partial charge < -0.3 is 30.8 Å². The van der Waals surface area contributed by atoms with Crippen molar-refractivity contribution >= 4 is 92.6 Å². The third-order valence-electron chi connectivity index (χ3n) is 9.37. The predicted octanol–water partition coefficient (Wildman–Crippen LogP) is 10.4. The third-order valence-corrected chi connectivity index (χ3v) is 11.2. The molecule has 21 heteroatoms. The van der Waals surface area contributed by atoms with Gasteiger partial charge in [0.25, 0.3) is 20.2 Å². The Bertz CT molecular complexity index is 3450. The first-order chi connectivity index (χ1) is 29.6. The van der Waals surface area contributed by atoms with Gasteiger partial charge in [0, 0.05) is 39.2 Å². The molecule has 7 aromatic carbocycles. The SMILES string of the molecule is CCOc1cc(N=Nc2ccc(N)c(S(=O)(=O)O)c2)c2ccccc2c1N=Nc1c(S(=O)(=O)O)cc2c(ccc3nc(-c4cccc(N=Nc5ccc(O)cc5O)c4)[nH]c32)c1O. The van der Waals surface area contributed by atoms with Gasteiger partial charge in [-0.05, 0) is 67.6 Å². The number of phenolic OH excluding ortho intramolecular Hbond substituents is 3. The van der Waals surface area contributed by atoms with Crippen LogP contribution in [-0.2, 0) is 20.2 Å². The number of hydrogen-bond acceptors (Lipinski definition) is 16. The van der Waals surface area contributed by atoms with E-state index < -0.39 is 41.5 Å². The zero-order chi connectivity index (χ0) is 43.9. The molecule has 0 bridgehead atoms. The summed E-state index contributed by atoms with van der Waals surface area (Å²) in [5.41, 5.74) is 7.21. The highest BCUT2D eigenvalue weighted by molar-refractivity contribution is 7.86. The van der Waals surface area contributed by atoms with Crippen LogP contribution in [0.1, 0.15) is 6.92 Å². The average molecular weight is 874 g/mol. The summed E-state index contributed by atoms with van der Waals surface area (Å²) in [6.45, 7) is 1.86. The molecule has 0 spiro atoms. The van der Waals surface area contributed by atoms with E-state index in [0.29, 0.717) is 38.9 Å². The molecule has 8 N–H and O–H groups in total. The Morgan fingerprint density at radius 1 is 0.645 bits per heavy atom. The standard InChI is InChI=1S/C41H31N9O10S2/c1-2-60-34-20-32(48-46-23-10-13-29(42)35(17-23)61(54,55)56)25-8-3-4-9-26(25)38(34)49-50-39-36(62(57,58)59)19-28-27(40(39)53)12-15-31-37(28)44-41(43-31)21-6-5-7-22(16-21)45-47-30-14-11-24(51)18-33(30)52/h3-20,51-53H,2,42H2,1H3,(H,43,44)(H,54,55,56)(H,57,58,59). The average Bonchev–Trinajstić information content (AvgIpc) is 3.68. The Morgan fingerprint density at radius 3 is 2.08 bits per heavy atom. The minimum Gasteiger partial charge on any atom is -0.508 e. The van der Waals surface area contributed by atoms with Crippen molar-refractivity contribution in [3.8, 4) is 34.4 Å². The molecule has 312 valence electrons. The van der Waals surface area contributed by atoms with Crippen LogP contribution in [0, 0.1) is 0 Å². The molecular formula is C41H31N9O10S2. The van der Waals surface area contributed by atoms with Gasteiger partial charge in [0.1, 0.15) is 49.9 Å². The monoisotopic (exact) mass is 873 g/mol. The number of aromatic nitrogens is 2. The largest absolute Gasteiger partial charge is 0.508 e. The number of aromatic amines is 1. The Balaban J connectivity index is 1.19. The summed E-state index contributed by atoms with van der Waals surface area (Å²) in [4.78, 5) is 6.52. The first-order valence-corrected chi connectivity index (χ1v) is 21.1. The summed E-state index contributed by atoms with van der Waals surface area (Å²) in [5, 5.41) is 57.7. The number of nitrogens with one attached hydrogen (secondary N) is 1. The number of anilines is 1. The zero-order valence-electron chi connectivity index (χ0n) is 31.9. The number of phenols is 3. The highest BCUT2D eigenvalue weighted by atomic mass is 32.2. The second kappa shape index (κ2) is 16.0. The summed E-state index contributed by atoms with van der Waals surface area (Å²) >= 11 is 0. The van der Waals surface area contributed by atoms with E-state index in [1.807, 2.05) is 0 Å². The number of rotatable bonds is 11. The number of ether oxygens (including phenoxy) is 1. The molecule has 8 aromatic rings. The van der Waals surface area contributed by atoms with Gasteiger partial charge in [-0.2, -0.15) is 27.1 Å². The van der Waals surface area contributed by atoms with Crippen molar-refractivity contribution in [2.24, 2.45) is 30.7 Å². The van der Waals surface area contributed by atoms with Crippen molar-refractivity contribution in [1.29, 1.82) is 0 Å². The van der Waals surface area contributed by atoms with Crippen molar-refractivity contribution in [3.63, 3.8) is 0 Å². The minimum atomic E-state index is -5.05. The fraction of sp³-hybridized carbons (Fsp3) is 0.0488. The molecule has 0 aliphatic rings. The van der Waals surface area contributed by atoms with Crippen LogP contribution in [0.2, 0.25) is 0 Å². The Kier molecular flexibility index (Phi) is 10.5. The highest BCUT2D eigenvalue weighted by Crippen LogP contribution is 2.47. The number of benzene rings is 7. The van der Waals surface area contributed by atoms with Crippen LogP contribution < -0.4 is 10.5 Å². The molecule has 1 heterocycles. The van der Waals surface area contributed by atoms with Gasteiger partial charge in [0.05, 0.1) is 40.4 Å². The lowest BCUT2D eigenvalue weighted by molar-refractivity contribution is 0.342. The topological polar surface area (TPSA) is 308 Å². The molecule has 62 heavy (non-hydrogen) atoms. The number of aromatic hydroxyl groups is 3. The lowest BCUT2D eigenvalue weighted by Crippen LogP contribution is -2.02. The fourth-order valence-electron chi connectivity index (χ4n) is 6.54. The molecule has 0 amide bonds. The number of hydrogen-bond donors (Lipinski definition) is 7. The number of imidazole rings is 1. The van der Waals surface area contributed by atoms with Crippen molar-refractivity contribution < 1.29 is 46.0 Å². The van der Waals surface area contributed by atoms with Crippen LogP contribution in [0.3, 0.4) is 0 Å². The number of azo groups is 3. The van der Waals surface area contributed by atoms with E-state index in [1.165, 1.54) is 36.4 Å². The quantitative estimate of drug-likeness (QED) is 0.0362. The molecule has 1 aromatic heterocycles. The maximum atomic E-state index is 12.9. The minimum absolute atomic E-state index is 0.0630. The van der Waals surface area contributed by atoms with Crippen LogP contribution in [0.25, 0.3) is 44.0 Å². The van der Waals surface area contributed by atoms with Crippen molar-refractivity contribution in [2.45, 2.75) is 16.7 Å². The fourth-order valence-corrected chi connectivity index (χ4v) is 7.82. The second-order valence-electron chi connectivity index (χ2n) is 13.4. The van der Waals surface area contributed by atoms with Gasteiger partial charge in [-0.15, -0.1) is 20.5 Å². The van der Waals surface area contributed by atoms with Gasteiger partial charge >= 0.3 is 0 Å². The van der Waals surface area contributed by atoms with Gasteiger partial charge in [0.2, 0.25) is 0 Å². The first-order valence-electron chi connectivity index (χ1n) is 18.2. The van der Waals surface area contributed by atoms with Crippen LogP contribution in [0.5, 0.6) is 23.0 Å². The van der Waals surface area contributed by atoms with E-state index in [1.54, 1.807) is 61.5 Å². The molecule has 8 rings (SSSR count). The molecule has 0 aliphatic carbocycles. The third kappa shape index (κ3) is 8.05. The molecule has 0 fully saturated rings. The number of nitrogen functional groups attached to an aromatic ring is 1. The molecule has 0 aliphatic heterocycles. The van der Waals surface area contributed by atoms with Crippen LogP contribution >= 0.6 is 0 Å². The summed E-state index contributed by atoms with van der Waals surface area (Å²) in [5.74, 6) is -0.526. The normalized spacial score (nSPS) is 12.5. The summed E-state index contributed by atoms with van der Waals surface area (Å²) in [7, 11) is -9.69. The van der Waals surface area contributed by atoms with E-state index in [-0.39, 0.29) is 63.1 Å². The van der Waals surface area contributed by atoms with E-state index in [4.69, 9.17) is 10.5 Å². The van der Waals surface area contributed by atoms with Gasteiger partial charge in [-0.3, -0.25) is 9.11 Å². The molecular weight excluding hydrogens is 843 g/mol. The van der Waals surface area contributed by atoms with Gasteiger partial charge in [0.15, 0.2) is 5.75 Å². The van der Waals surface area contributed by atoms with Crippen molar-refractivity contribution in [1.82, 2.24) is 9.97 Å². The molecule has 0 radical (unpaired) electrons. The maximum Gasteiger partial charge on any atom is 0.296 e. The lowest BCUT2D eigenvalue weighted by atomic mass is 10.1. The lowest BCUT2D eigenvalue weighted by Gasteiger charge is -2.12. The van der Waals surface area contributed by atoms with Crippen molar-refractivity contribution in [3.05, 3.63) is 109 Å². The van der Waals surface area contributed by atoms with Crippen LogP contribution in [-0.4, -0.2) is 57.8 Å². The van der Waals surface area contributed by atoms with E-state index in [9.17, 15) is 41.3 Å². The van der Waals surface area contributed by atoms with Crippen molar-refractivity contribution in [2.75, 3.05) is 12.3 Å². The number of nitrogens with two attached hydrogens (primary N) is 1. The smallest absolute Gasteiger partial charge is 0.296 e. The number of H-pyrrole nitrogens is 1. The van der Waals surface area contributed by atoms with Crippen LogP contribution in [0.4, 0.5) is 39.8 Å². The Morgan fingerprint density at radius 2 is 1.35 bits per heavy atom. The predicted molar refractivity (Wildman–Crippen MR) is 229 cm³/mol. The molecule has 0 saturated carbocycles. The first kappa shape index (κ1) is 40.9. The number of nitrogens with zero attached hydrogens (tertiary/aromatic N) is 7. The molecule has 19 nitrogen and oxygen atoms in total. The molecule has 0 atom stereocenters. The van der Waals surface area contributed by atoms with E-state index in [2.05, 4.69) is 40.7 Å². The molecule has 0 saturated heterocycles. The number of fused-ring (bicyclic) bond motifs is 4. The second-order valence-corrected chi connectivity index (χ2v) is 16.2. The Labute approximate surface area is 350 Å². The van der Waals surface area contributed by atoms with Gasteiger partial charge in [-0.25, -0.2) is 4.98 Å². The van der Waals surface area contributed by atoms with Gasteiger partial charge in [-0.1, -0.05) is 36.4 Å². The summed E-state index contributed by atoms with van der Waals surface area (Å²) < 4.78 is 75.4. The van der Waals surface area contributed by atoms with E-state index >= 15 is 0 Å². The summed E-state index contributed by atoms with van der Waals surface area (Å²) in [6, 6.07) is 26.9. The Hall–Kier alpha value is -7.85. The van der Waals surface area contributed by atoms with Crippen LogP contribution in [0.15, 0.2) is 150 Å². The van der Waals surface area contributed by atoms with E-state index in [0.717, 1.165) is 18.2 Å². The maximum absolute atomic E-state index is 12.9. The zero-order valence-corrected chi connectivity index (χ0v) is 33.5. The highest BCUT2D eigenvalue weighted by Gasteiger charge is 2.25.